The van der Waals surface area contributed by atoms with Gasteiger partial charge in [-0.15, -0.1) is 0 Å². The Hall–Kier alpha value is -3.05. The Morgan fingerprint density at radius 3 is 2.86 bits per heavy atom. The summed E-state index contributed by atoms with van der Waals surface area (Å²) < 4.78 is 6.91. The molecule has 0 bridgehead atoms. The van der Waals surface area contributed by atoms with Crippen LogP contribution in [0.3, 0.4) is 0 Å². The number of hydrogen-bond donors (Lipinski definition) is 2. The van der Waals surface area contributed by atoms with Crippen molar-refractivity contribution in [3.63, 3.8) is 0 Å². The average molecular weight is 396 g/mol. The number of benzene rings is 1. The van der Waals surface area contributed by atoms with Crippen LogP contribution in [0.1, 0.15) is 30.9 Å². The number of anilines is 1. The number of hydrogen-bond acceptors (Lipinski definition) is 5. The first kappa shape index (κ1) is 20.7. The Morgan fingerprint density at radius 1 is 1.34 bits per heavy atom. The Kier molecular flexibility index (Phi) is 7.09. The zero-order valence-corrected chi connectivity index (χ0v) is 17.0. The van der Waals surface area contributed by atoms with Crippen LogP contribution in [0.5, 0.6) is 5.75 Å². The molecule has 2 unspecified atom stereocenters. The van der Waals surface area contributed by atoms with Crippen LogP contribution in [-0.4, -0.2) is 48.0 Å². The number of likely N-dealkylation sites (tertiary alicyclic amines) is 1. The molecule has 0 radical (unpaired) electrons. The normalized spacial score (nSPS) is 19.3. The summed E-state index contributed by atoms with van der Waals surface area (Å²) in [5.74, 6) is 1.64. The van der Waals surface area contributed by atoms with Crippen LogP contribution in [0.4, 0.5) is 10.6 Å². The predicted octanol–water partition coefficient (Wildman–Crippen LogP) is 3.01. The highest BCUT2D eigenvalue weighted by atomic mass is 16.5. The molecule has 1 saturated heterocycles. The maximum atomic E-state index is 12.3. The molecule has 3 rings (SSSR count). The smallest absolute Gasteiger partial charge is 0.320 e. The Morgan fingerprint density at radius 2 is 2.14 bits per heavy atom. The molecule has 2 amide bonds. The van der Waals surface area contributed by atoms with Gasteiger partial charge >= 0.3 is 6.03 Å². The van der Waals surface area contributed by atoms with E-state index in [1.165, 1.54) is 5.56 Å². The molecule has 1 aliphatic rings. The van der Waals surface area contributed by atoms with Gasteiger partial charge in [-0.3, -0.25) is 14.9 Å². The van der Waals surface area contributed by atoms with Crippen LogP contribution < -0.4 is 15.4 Å². The SMILES string of the molecule is COc1ccc(C2C(CNC(=O)Nc3ccn(CCC#N)n3)CCCN2C)cc1. The van der Waals surface area contributed by atoms with Crippen molar-refractivity contribution >= 4 is 11.8 Å². The third-order valence-corrected chi connectivity index (χ3v) is 5.32. The van der Waals surface area contributed by atoms with E-state index in [0.29, 0.717) is 31.2 Å². The molecule has 0 spiro atoms. The van der Waals surface area contributed by atoms with Crippen LogP contribution in [-0.2, 0) is 6.54 Å². The lowest BCUT2D eigenvalue weighted by molar-refractivity contribution is 0.121. The molecule has 29 heavy (non-hydrogen) atoms. The van der Waals surface area contributed by atoms with Crippen molar-refractivity contribution in [3.8, 4) is 11.8 Å². The quantitative estimate of drug-likeness (QED) is 0.750. The van der Waals surface area contributed by atoms with Gasteiger partial charge in [-0.25, -0.2) is 4.79 Å². The van der Waals surface area contributed by atoms with E-state index in [-0.39, 0.29) is 12.1 Å². The van der Waals surface area contributed by atoms with Crippen molar-refractivity contribution in [2.75, 3.05) is 32.6 Å². The van der Waals surface area contributed by atoms with Gasteiger partial charge in [0.2, 0.25) is 0 Å². The number of piperidine rings is 1. The largest absolute Gasteiger partial charge is 0.497 e. The van der Waals surface area contributed by atoms with E-state index in [0.717, 1.165) is 25.1 Å². The number of methoxy groups -OCH3 is 1. The molecule has 2 heterocycles. The fraction of sp³-hybridized carbons (Fsp3) is 0.476. The van der Waals surface area contributed by atoms with E-state index in [1.54, 1.807) is 24.1 Å². The molecular weight excluding hydrogens is 368 g/mol. The van der Waals surface area contributed by atoms with Gasteiger partial charge in [0, 0.05) is 24.8 Å². The van der Waals surface area contributed by atoms with Gasteiger partial charge in [0.15, 0.2) is 5.82 Å². The minimum atomic E-state index is -0.266. The molecule has 2 atom stereocenters. The number of carbonyl (C=O) groups is 1. The van der Waals surface area contributed by atoms with Crippen molar-refractivity contribution in [1.29, 1.82) is 5.26 Å². The van der Waals surface area contributed by atoms with Gasteiger partial charge in [-0.05, 0) is 50.0 Å². The number of nitrogens with zero attached hydrogens (tertiary/aromatic N) is 4. The maximum absolute atomic E-state index is 12.3. The second-order valence-electron chi connectivity index (χ2n) is 7.31. The topological polar surface area (TPSA) is 95.2 Å². The number of nitrogens with one attached hydrogen (secondary N) is 2. The zero-order valence-electron chi connectivity index (χ0n) is 17.0. The van der Waals surface area contributed by atoms with Crippen molar-refractivity contribution in [2.24, 2.45) is 5.92 Å². The second-order valence-corrected chi connectivity index (χ2v) is 7.31. The minimum Gasteiger partial charge on any atom is -0.497 e. The van der Waals surface area contributed by atoms with Gasteiger partial charge in [0.25, 0.3) is 0 Å². The van der Waals surface area contributed by atoms with E-state index in [1.807, 2.05) is 12.1 Å². The van der Waals surface area contributed by atoms with Crippen LogP contribution in [0.15, 0.2) is 36.5 Å². The summed E-state index contributed by atoms with van der Waals surface area (Å²) in [7, 11) is 3.80. The summed E-state index contributed by atoms with van der Waals surface area (Å²) in [5.41, 5.74) is 1.23. The molecule has 8 nitrogen and oxygen atoms in total. The highest BCUT2D eigenvalue weighted by molar-refractivity contribution is 5.88. The third kappa shape index (κ3) is 5.48. The molecule has 154 valence electrons. The number of nitriles is 1. The van der Waals surface area contributed by atoms with Gasteiger partial charge in [-0.1, -0.05) is 12.1 Å². The number of amides is 2. The van der Waals surface area contributed by atoms with Crippen LogP contribution >= 0.6 is 0 Å². The number of aryl methyl sites for hydroxylation is 1. The first-order valence-electron chi connectivity index (χ1n) is 9.90. The van der Waals surface area contributed by atoms with Gasteiger partial charge in [0.05, 0.1) is 26.1 Å². The van der Waals surface area contributed by atoms with E-state index >= 15 is 0 Å². The van der Waals surface area contributed by atoms with Crippen molar-refractivity contribution in [1.82, 2.24) is 20.0 Å². The summed E-state index contributed by atoms with van der Waals surface area (Å²) in [6.07, 6.45) is 4.31. The number of carbonyl (C=O) groups excluding carboxylic acids is 1. The van der Waals surface area contributed by atoms with E-state index in [9.17, 15) is 4.79 Å². The van der Waals surface area contributed by atoms with Crippen molar-refractivity contribution in [2.45, 2.75) is 31.8 Å². The Balaban J connectivity index is 1.57. The standard InChI is InChI=1S/C21H28N6O2/c1-26-12-3-5-17(20(26)16-6-8-18(29-2)9-7-16)15-23-21(28)24-19-10-14-27(25-19)13-4-11-22/h6-10,14,17,20H,3-5,12-13,15H2,1-2H3,(H2,23,24,25,28). The monoisotopic (exact) mass is 396 g/mol. The first-order valence-corrected chi connectivity index (χ1v) is 9.90. The van der Waals surface area contributed by atoms with Crippen LogP contribution in [0.25, 0.3) is 0 Å². The average Bonchev–Trinajstić information content (AvgIpc) is 3.18. The summed E-state index contributed by atoms with van der Waals surface area (Å²) in [6.45, 7) is 2.14. The van der Waals surface area contributed by atoms with Crippen molar-refractivity contribution < 1.29 is 9.53 Å². The van der Waals surface area contributed by atoms with E-state index in [4.69, 9.17) is 10.00 Å². The zero-order chi connectivity index (χ0) is 20.6. The lowest BCUT2D eigenvalue weighted by Crippen LogP contribution is -2.42. The maximum Gasteiger partial charge on any atom is 0.320 e. The molecule has 8 heteroatoms. The molecule has 1 fully saturated rings. The number of aromatic nitrogens is 2. The fourth-order valence-corrected chi connectivity index (χ4v) is 3.90. The van der Waals surface area contributed by atoms with Gasteiger partial charge in [-0.2, -0.15) is 10.4 Å². The first-order chi connectivity index (χ1) is 14.1. The van der Waals surface area contributed by atoms with Gasteiger partial charge in [0.1, 0.15) is 5.75 Å². The van der Waals surface area contributed by atoms with Crippen molar-refractivity contribution in [3.05, 3.63) is 42.1 Å². The number of ether oxygens (including phenoxy) is 1. The van der Waals surface area contributed by atoms with Gasteiger partial charge < -0.3 is 10.1 Å². The Bertz CT molecular complexity index is 842. The summed E-state index contributed by atoms with van der Waals surface area (Å²) in [5, 5.41) is 18.6. The molecule has 1 aromatic heterocycles. The summed E-state index contributed by atoms with van der Waals surface area (Å²) in [6, 6.07) is 12.0. The summed E-state index contributed by atoms with van der Waals surface area (Å²) in [4.78, 5) is 14.7. The summed E-state index contributed by atoms with van der Waals surface area (Å²) >= 11 is 0. The molecule has 2 N–H and O–H groups in total. The number of rotatable bonds is 7. The molecule has 1 aromatic carbocycles. The lowest BCUT2D eigenvalue weighted by Gasteiger charge is -2.39. The highest BCUT2D eigenvalue weighted by Crippen LogP contribution is 2.35. The molecule has 0 aliphatic carbocycles. The van der Waals surface area contributed by atoms with Crippen LogP contribution in [0, 0.1) is 17.2 Å². The molecule has 1 aliphatic heterocycles. The predicted molar refractivity (Wildman–Crippen MR) is 111 cm³/mol. The molecule has 0 saturated carbocycles. The minimum absolute atomic E-state index is 0.250. The van der Waals surface area contributed by atoms with Crippen LogP contribution in [0.2, 0.25) is 0 Å². The molecule has 2 aromatic rings. The second kappa shape index (κ2) is 9.94. The van der Waals surface area contributed by atoms with E-state index in [2.05, 4.69) is 45.9 Å². The Labute approximate surface area is 171 Å². The third-order valence-electron chi connectivity index (χ3n) is 5.32. The lowest BCUT2D eigenvalue weighted by atomic mass is 9.85. The molecular formula is C21H28N6O2. The highest BCUT2D eigenvalue weighted by Gasteiger charge is 2.30. The van der Waals surface area contributed by atoms with E-state index < -0.39 is 0 Å². The fourth-order valence-electron chi connectivity index (χ4n) is 3.90. The number of urea groups is 1.